The molecule has 9 heteroatoms. The number of para-hydroxylation sites is 1. The lowest BCUT2D eigenvalue weighted by atomic mass is 10.2. The molecule has 2 aromatic heterocycles. The Balaban J connectivity index is 1.43. The molecule has 0 bridgehead atoms. The Kier molecular flexibility index (Phi) is 6.83. The third-order valence-electron chi connectivity index (χ3n) is 5.44. The fourth-order valence-corrected chi connectivity index (χ4v) is 3.81. The van der Waals surface area contributed by atoms with Crippen molar-refractivity contribution in [3.63, 3.8) is 0 Å². The van der Waals surface area contributed by atoms with Crippen molar-refractivity contribution in [2.24, 2.45) is 7.05 Å². The lowest BCUT2D eigenvalue weighted by Gasteiger charge is -2.26. The number of hydrogen-bond donors (Lipinski definition) is 2. The molecule has 0 radical (unpaired) electrons. The highest BCUT2D eigenvalue weighted by Gasteiger charge is 2.15. The second kappa shape index (κ2) is 9.93. The number of rotatable bonds is 9. The summed E-state index contributed by atoms with van der Waals surface area (Å²) in [5.41, 5.74) is 2.82. The third-order valence-corrected chi connectivity index (χ3v) is 5.44. The number of fused-ring (bicyclic) bond motifs is 1. The summed E-state index contributed by atoms with van der Waals surface area (Å²) in [4.78, 5) is 22.4. The van der Waals surface area contributed by atoms with E-state index in [1.165, 1.54) is 0 Å². The number of H-pyrrole nitrogens is 1. The van der Waals surface area contributed by atoms with Gasteiger partial charge in [0.1, 0.15) is 17.9 Å². The van der Waals surface area contributed by atoms with E-state index in [0.717, 1.165) is 62.7 Å². The summed E-state index contributed by atoms with van der Waals surface area (Å²) in [5, 5.41) is 7.70. The maximum atomic E-state index is 12.6. The zero-order valence-electron chi connectivity index (χ0n) is 18.2. The van der Waals surface area contributed by atoms with Crippen LogP contribution in [0.15, 0.2) is 29.1 Å². The van der Waals surface area contributed by atoms with Crippen molar-refractivity contribution in [3.8, 4) is 5.75 Å². The van der Waals surface area contributed by atoms with Crippen LogP contribution in [0.1, 0.15) is 24.6 Å². The molecular formula is C22H30N6O3. The first-order valence-corrected chi connectivity index (χ1v) is 10.9. The van der Waals surface area contributed by atoms with Crippen LogP contribution in [0.5, 0.6) is 5.75 Å². The van der Waals surface area contributed by atoms with Crippen LogP contribution in [-0.4, -0.2) is 64.1 Å². The summed E-state index contributed by atoms with van der Waals surface area (Å²) < 4.78 is 13.0. The molecule has 0 unspecified atom stereocenters. The highest BCUT2D eigenvalue weighted by atomic mass is 16.5. The Morgan fingerprint density at radius 1 is 1.26 bits per heavy atom. The zero-order chi connectivity index (χ0) is 21.6. The smallest absolute Gasteiger partial charge is 0.278 e. The van der Waals surface area contributed by atoms with E-state index < -0.39 is 0 Å². The summed E-state index contributed by atoms with van der Waals surface area (Å²) in [6.45, 7) is 7.53. The molecule has 9 nitrogen and oxygen atoms in total. The number of anilines is 1. The molecule has 3 aromatic rings. The first-order chi connectivity index (χ1) is 15.2. The number of aryl methyl sites for hydroxylation is 2. The Bertz CT molecular complexity index is 1070. The molecule has 1 fully saturated rings. The molecule has 1 aliphatic heterocycles. The van der Waals surface area contributed by atoms with Crippen LogP contribution < -0.4 is 15.6 Å². The van der Waals surface area contributed by atoms with Gasteiger partial charge < -0.3 is 14.8 Å². The van der Waals surface area contributed by atoms with Crippen molar-refractivity contribution in [2.75, 3.05) is 44.8 Å². The van der Waals surface area contributed by atoms with E-state index in [1.807, 2.05) is 24.3 Å². The lowest BCUT2D eigenvalue weighted by Crippen LogP contribution is -2.38. The monoisotopic (exact) mass is 426 g/mol. The van der Waals surface area contributed by atoms with Crippen molar-refractivity contribution in [1.29, 1.82) is 0 Å². The maximum Gasteiger partial charge on any atom is 0.278 e. The molecule has 4 rings (SSSR count). The third kappa shape index (κ3) is 5.05. The number of morpholine rings is 1. The van der Waals surface area contributed by atoms with Gasteiger partial charge in [0.15, 0.2) is 5.52 Å². The number of ether oxygens (including phenoxy) is 2. The molecular weight excluding hydrogens is 396 g/mol. The Labute approximate surface area is 181 Å². The highest BCUT2D eigenvalue weighted by Crippen LogP contribution is 2.20. The maximum absolute atomic E-state index is 12.6. The molecule has 0 spiro atoms. The van der Waals surface area contributed by atoms with Gasteiger partial charge >= 0.3 is 0 Å². The van der Waals surface area contributed by atoms with Crippen molar-refractivity contribution in [2.45, 2.75) is 26.3 Å². The van der Waals surface area contributed by atoms with Crippen molar-refractivity contribution < 1.29 is 9.47 Å². The van der Waals surface area contributed by atoms with E-state index in [9.17, 15) is 4.79 Å². The van der Waals surface area contributed by atoms with Gasteiger partial charge in [-0.15, -0.1) is 0 Å². The van der Waals surface area contributed by atoms with E-state index in [1.54, 1.807) is 11.7 Å². The van der Waals surface area contributed by atoms with Crippen molar-refractivity contribution >= 4 is 17.0 Å². The minimum atomic E-state index is -0.195. The van der Waals surface area contributed by atoms with Gasteiger partial charge in [-0.1, -0.05) is 31.5 Å². The van der Waals surface area contributed by atoms with Gasteiger partial charge in [0.05, 0.1) is 18.9 Å². The molecule has 0 saturated carbocycles. The largest absolute Gasteiger partial charge is 0.492 e. The molecule has 1 aliphatic rings. The molecule has 166 valence electrons. The fourth-order valence-electron chi connectivity index (χ4n) is 3.81. The SMILES string of the molecule is CCCc1nn(C)c2c(=O)[nH]c(NCc3ccccc3OCCN3CCOCC3)nc12. The zero-order valence-corrected chi connectivity index (χ0v) is 18.2. The second-order valence-electron chi connectivity index (χ2n) is 7.70. The van der Waals surface area contributed by atoms with E-state index in [4.69, 9.17) is 9.47 Å². The van der Waals surface area contributed by atoms with Gasteiger partial charge in [0.2, 0.25) is 5.95 Å². The van der Waals surface area contributed by atoms with Crippen LogP contribution in [-0.2, 0) is 24.8 Å². The minimum Gasteiger partial charge on any atom is -0.492 e. The lowest BCUT2D eigenvalue weighted by molar-refractivity contribution is 0.0322. The number of aromatic amines is 1. The number of nitrogens with zero attached hydrogens (tertiary/aromatic N) is 4. The quantitative estimate of drug-likeness (QED) is 0.540. The topological polar surface area (TPSA) is 97.3 Å². The molecule has 0 atom stereocenters. The number of aromatic nitrogens is 4. The van der Waals surface area contributed by atoms with Gasteiger partial charge in [-0.2, -0.15) is 5.10 Å². The molecule has 2 N–H and O–H groups in total. The number of hydrogen-bond acceptors (Lipinski definition) is 7. The summed E-state index contributed by atoms with van der Waals surface area (Å²) in [6.07, 6.45) is 1.73. The summed E-state index contributed by atoms with van der Waals surface area (Å²) in [5.74, 6) is 1.27. The second-order valence-corrected chi connectivity index (χ2v) is 7.70. The Hall–Kier alpha value is -2.91. The van der Waals surface area contributed by atoms with E-state index in [2.05, 4.69) is 32.2 Å². The number of nitrogens with one attached hydrogen (secondary N) is 2. The predicted molar refractivity (Wildman–Crippen MR) is 120 cm³/mol. The Morgan fingerprint density at radius 2 is 2.06 bits per heavy atom. The molecule has 0 aliphatic carbocycles. The average Bonchev–Trinajstić information content (AvgIpc) is 3.10. The van der Waals surface area contributed by atoms with Gasteiger partial charge in [-0.05, 0) is 12.5 Å². The molecule has 1 aromatic carbocycles. The van der Waals surface area contributed by atoms with E-state index >= 15 is 0 Å². The highest BCUT2D eigenvalue weighted by molar-refractivity contribution is 5.77. The summed E-state index contributed by atoms with van der Waals surface area (Å²) >= 11 is 0. The predicted octanol–water partition coefficient (Wildman–Crippen LogP) is 1.93. The van der Waals surface area contributed by atoms with Gasteiger partial charge in [0.25, 0.3) is 5.56 Å². The standard InChI is InChI=1S/C22H30N6O3/c1-3-6-17-19-20(27(2)26-17)21(29)25-22(24-19)23-15-16-7-4-5-8-18(16)31-14-11-28-9-12-30-13-10-28/h4-5,7-8H,3,6,9-15H2,1-2H3,(H2,23,24,25,29). The molecule has 0 amide bonds. The van der Waals surface area contributed by atoms with Gasteiger partial charge in [-0.25, -0.2) is 4.98 Å². The molecule has 31 heavy (non-hydrogen) atoms. The Morgan fingerprint density at radius 3 is 2.87 bits per heavy atom. The number of benzene rings is 1. The first-order valence-electron chi connectivity index (χ1n) is 10.9. The van der Waals surface area contributed by atoms with Crippen LogP contribution in [0, 0.1) is 0 Å². The fraction of sp³-hybridized carbons (Fsp3) is 0.500. The van der Waals surface area contributed by atoms with Crippen LogP contribution >= 0.6 is 0 Å². The summed E-state index contributed by atoms with van der Waals surface area (Å²) in [7, 11) is 1.77. The van der Waals surface area contributed by atoms with Crippen LogP contribution in [0.3, 0.4) is 0 Å². The average molecular weight is 427 g/mol. The summed E-state index contributed by atoms with van der Waals surface area (Å²) in [6, 6.07) is 7.93. The van der Waals surface area contributed by atoms with Crippen LogP contribution in [0.2, 0.25) is 0 Å². The van der Waals surface area contributed by atoms with E-state index in [-0.39, 0.29) is 5.56 Å². The van der Waals surface area contributed by atoms with Gasteiger partial charge in [0, 0.05) is 38.8 Å². The van der Waals surface area contributed by atoms with Crippen molar-refractivity contribution in [3.05, 3.63) is 45.9 Å². The van der Waals surface area contributed by atoms with Crippen LogP contribution in [0.4, 0.5) is 5.95 Å². The van der Waals surface area contributed by atoms with Crippen molar-refractivity contribution in [1.82, 2.24) is 24.6 Å². The van der Waals surface area contributed by atoms with Crippen LogP contribution in [0.25, 0.3) is 11.0 Å². The van der Waals surface area contributed by atoms with E-state index in [0.29, 0.717) is 30.1 Å². The van der Waals surface area contributed by atoms with Gasteiger partial charge in [-0.3, -0.25) is 19.4 Å². The minimum absolute atomic E-state index is 0.195. The molecule has 1 saturated heterocycles. The molecule has 3 heterocycles. The first kappa shape index (κ1) is 21.3. The normalized spacial score (nSPS) is 14.8.